The number of hydrazine groups is 1. The maximum Gasteiger partial charge on any atom is 0.169 e. The molecule has 1 aromatic rings. The molecule has 1 aromatic carbocycles. The number of para-hydroxylation sites is 1. The summed E-state index contributed by atoms with van der Waals surface area (Å²) in [5, 5.41) is 1.86. The van der Waals surface area contributed by atoms with Gasteiger partial charge in [0.1, 0.15) is 0 Å². The first-order valence-electron chi connectivity index (χ1n) is 3.94. The first-order valence-corrected chi connectivity index (χ1v) is 3.94. The summed E-state index contributed by atoms with van der Waals surface area (Å²) in [4.78, 5) is 10.9. The van der Waals surface area contributed by atoms with Crippen molar-refractivity contribution < 1.29 is 4.79 Å². The quantitative estimate of drug-likeness (QED) is 0.655. The van der Waals surface area contributed by atoms with E-state index in [0.717, 1.165) is 5.69 Å². The summed E-state index contributed by atoms with van der Waals surface area (Å²) >= 11 is 0. The monoisotopic (exact) mass is 162 g/mol. The van der Waals surface area contributed by atoms with E-state index in [9.17, 15) is 4.79 Å². The van der Waals surface area contributed by atoms with Crippen LogP contribution in [-0.4, -0.2) is 18.9 Å². The molecule has 62 valence electrons. The molecule has 1 aliphatic heterocycles. The molecule has 1 fully saturated rings. The highest BCUT2D eigenvalue weighted by Crippen LogP contribution is 2.12. The Kier molecular flexibility index (Phi) is 1.80. The van der Waals surface area contributed by atoms with Crippen LogP contribution in [0.2, 0.25) is 0 Å². The van der Waals surface area contributed by atoms with Gasteiger partial charge in [0.25, 0.3) is 0 Å². The van der Waals surface area contributed by atoms with Gasteiger partial charge in [-0.2, -0.15) is 0 Å². The first-order chi connectivity index (χ1) is 5.86. The fourth-order valence-electron chi connectivity index (χ4n) is 1.26. The van der Waals surface area contributed by atoms with Crippen molar-refractivity contribution in [1.82, 2.24) is 5.43 Å². The maximum atomic E-state index is 10.9. The molecule has 1 saturated heterocycles. The molecule has 0 radical (unpaired) electrons. The Balaban J connectivity index is 2.16. The first kappa shape index (κ1) is 7.31. The van der Waals surface area contributed by atoms with Gasteiger partial charge in [-0.1, -0.05) is 18.2 Å². The molecule has 0 spiro atoms. The Labute approximate surface area is 71.0 Å². The molecular formula is C9H10N2O. The smallest absolute Gasteiger partial charge is 0.169 e. The minimum absolute atomic E-state index is 0.235. The number of hydrogen-bond donors (Lipinski definition) is 1. The summed E-state index contributed by atoms with van der Waals surface area (Å²) in [6.45, 7) is 0.929. The predicted octanol–water partition coefficient (Wildman–Crippen LogP) is 0.580. The highest BCUT2D eigenvalue weighted by atomic mass is 16.1. The number of carbonyl (C=O) groups excluding carboxylic acids is 1. The zero-order chi connectivity index (χ0) is 8.39. The molecule has 1 heterocycles. The second-order valence-electron chi connectivity index (χ2n) is 2.80. The van der Waals surface area contributed by atoms with Crippen LogP contribution >= 0.6 is 0 Å². The van der Waals surface area contributed by atoms with Crippen molar-refractivity contribution in [2.24, 2.45) is 0 Å². The second kappa shape index (κ2) is 2.95. The highest BCUT2D eigenvalue weighted by Gasteiger charge is 2.18. The van der Waals surface area contributed by atoms with E-state index in [4.69, 9.17) is 0 Å². The summed E-state index contributed by atoms with van der Waals surface area (Å²) < 4.78 is 0. The van der Waals surface area contributed by atoms with Gasteiger partial charge in [0.05, 0.1) is 18.8 Å². The number of hydrogen-bond acceptors (Lipinski definition) is 3. The Hall–Kier alpha value is -1.35. The van der Waals surface area contributed by atoms with E-state index < -0.39 is 0 Å². The molecule has 12 heavy (non-hydrogen) atoms. The van der Waals surface area contributed by atoms with Crippen LogP contribution in [0.4, 0.5) is 5.69 Å². The zero-order valence-corrected chi connectivity index (χ0v) is 6.66. The Morgan fingerprint density at radius 3 is 2.58 bits per heavy atom. The lowest BCUT2D eigenvalue weighted by Crippen LogP contribution is -2.30. The number of anilines is 1. The van der Waals surface area contributed by atoms with Crippen molar-refractivity contribution >= 4 is 11.5 Å². The molecule has 2 rings (SSSR count). The van der Waals surface area contributed by atoms with E-state index in [-0.39, 0.29) is 5.78 Å². The minimum atomic E-state index is 0.235. The Morgan fingerprint density at radius 1 is 1.25 bits per heavy atom. The van der Waals surface area contributed by atoms with Crippen molar-refractivity contribution in [3.63, 3.8) is 0 Å². The Bertz CT molecular complexity index is 284. The van der Waals surface area contributed by atoms with Crippen molar-refractivity contribution in [2.75, 3.05) is 18.1 Å². The third-order valence-electron chi connectivity index (χ3n) is 1.87. The van der Waals surface area contributed by atoms with E-state index in [0.29, 0.717) is 13.1 Å². The van der Waals surface area contributed by atoms with Gasteiger partial charge in [0, 0.05) is 0 Å². The van der Waals surface area contributed by atoms with Crippen LogP contribution in [0, 0.1) is 0 Å². The second-order valence-corrected chi connectivity index (χ2v) is 2.80. The number of Topliss-reactive ketones (excluding diaryl/α,β-unsaturated/α-hetero) is 1. The van der Waals surface area contributed by atoms with Crippen LogP contribution in [0.25, 0.3) is 0 Å². The summed E-state index contributed by atoms with van der Waals surface area (Å²) in [5.41, 5.74) is 4.05. The third-order valence-corrected chi connectivity index (χ3v) is 1.87. The van der Waals surface area contributed by atoms with E-state index in [1.165, 1.54) is 0 Å². The number of carbonyl (C=O) groups is 1. The molecule has 3 heteroatoms. The molecule has 0 aliphatic carbocycles. The van der Waals surface area contributed by atoms with Gasteiger partial charge in [-0.25, -0.2) is 5.43 Å². The minimum Gasteiger partial charge on any atom is -0.301 e. The van der Waals surface area contributed by atoms with Crippen molar-refractivity contribution in [3.8, 4) is 0 Å². The van der Waals surface area contributed by atoms with Gasteiger partial charge >= 0.3 is 0 Å². The highest BCUT2D eigenvalue weighted by molar-refractivity contribution is 5.87. The van der Waals surface area contributed by atoms with Crippen molar-refractivity contribution in [2.45, 2.75) is 0 Å². The van der Waals surface area contributed by atoms with Gasteiger partial charge in [-0.3, -0.25) is 4.79 Å². The standard InChI is InChI=1S/C9H10N2O/c12-9-6-10-11(7-9)8-4-2-1-3-5-8/h1-5,10H,6-7H2. The van der Waals surface area contributed by atoms with Gasteiger partial charge in [0.15, 0.2) is 5.78 Å². The average molecular weight is 162 g/mol. The van der Waals surface area contributed by atoms with E-state index in [1.807, 2.05) is 35.3 Å². The lowest BCUT2D eigenvalue weighted by Gasteiger charge is -2.15. The fraction of sp³-hybridized carbons (Fsp3) is 0.222. The van der Waals surface area contributed by atoms with Gasteiger partial charge in [-0.15, -0.1) is 0 Å². The molecule has 1 aliphatic rings. The van der Waals surface area contributed by atoms with Crippen molar-refractivity contribution in [1.29, 1.82) is 0 Å². The molecule has 0 unspecified atom stereocenters. The molecular weight excluding hydrogens is 152 g/mol. The zero-order valence-electron chi connectivity index (χ0n) is 6.66. The van der Waals surface area contributed by atoms with Crippen LogP contribution in [0.15, 0.2) is 30.3 Å². The number of ketones is 1. The van der Waals surface area contributed by atoms with Gasteiger partial charge < -0.3 is 5.01 Å². The van der Waals surface area contributed by atoms with Crippen LogP contribution in [0.5, 0.6) is 0 Å². The number of rotatable bonds is 1. The largest absolute Gasteiger partial charge is 0.301 e. The van der Waals surface area contributed by atoms with Gasteiger partial charge in [-0.05, 0) is 12.1 Å². The molecule has 1 N–H and O–H groups in total. The van der Waals surface area contributed by atoms with Crippen LogP contribution < -0.4 is 10.4 Å². The number of benzene rings is 1. The molecule has 0 atom stereocenters. The van der Waals surface area contributed by atoms with E-state index in [2.05, 4.69) is 5.43 Å². The molecule has 0 aromatic heterocycles. The summed E-state index contributed by atoms with van der Waals surface area (Å²) in [6, 6.07) is 9.83. The topological polar surface area (TPSA) is 32.3 Å². The lowest BCUT2D eigenvalue weighted by molar-refractivity contribution is -0.115. The van der Waals surface area contributed by atoms with Gasteiger partial charge in [0.2, 0.25) is 0 Å². The summed E-state index contributed by atoms with van der Waals surface area (Å²) in [5.74, 6) is 0.235. The fourth-order valence-corrected chi connectivity index (χ4v) is 1.26. The molecule has 0 amide bonds. The van der Waals surface area contributed by atoms with E-state index in [1.54, 1.807) is 0 Å². The normalized spacial score (nSPS) is 17.0. The molecule has 0 bridgehead atoms. The van der Waals surface area contributed by atoms with E-state index >= 15 is 0 Å². The summed E-state index contributed by atoms with van der Waals surface area (Å²) in [7, 11) is 0. The molecule has 0 saturated carbocycles. The predicted molar refractivity (Wildman–Crippen MR) is 46.8 cm³/mol. The summed E-state index contributed by atoms with van der Waals surface area (Å²) in [6.07, 6.45) is 0. The number of nitrogens with one attached hydrogen (secondary N) is 1. The number of nitrogens with zero attached hydrogens (tertiary/aromatic N) is 1. The SMILES string of the molecule is O=C1CNN(c2ccccc2)C1. The Morgan fingerprint density at radius 2 is 2.00 bits per heavy atom. The van der Waals surface area contributed by atoms with Crippen molar-refractivity contribution in [3.05, 3.63) is 30.3 Å². The third kappa shape index (κ3) is 1.31. The van der Waals surface area contributed by atoms with Crippen LogP contribution in [0.1, 0.15) is 0 Å². The van der Waals surface area contributed by atoms with Crippen LogP contribution in [-0.2, 0) is 4.79 Å². The lowest BCUT2D eigenvalue weighted by atomic mass is 10.3. The average Bonchev–Trinajstić information content (AvgIpc) is 2.54. The maximum absolute atomic E-state index is 10.9. The van der Waals surface area contributed by atoms with Crippen LogP contribution in [0.3, 0.4) is 0 Å². The molecule has 3 nitrogen and oxygen atoms in total.